The molecule has 0 saturated carbocycles. The standard InChI is InChI=1S/C23H22N6O5S/c1-2-23(16-7-4-3-5-8-16)20(31)29(22(32)27-23)15-19(30)26-17-9-11-18(12-10-17)35(33,34)28-21-24-13-6-14-25-21/h3-14H,2,15H2,1H3,(H,26,30)(H,27,32)(H,24,25,28). The molecule has 2 heterocycles. The van der Waals surface area contributed by atoms with Gasteiger partial charge in [0.2, 0.25) is 11.9 Å². The lowest BCUT2D eigenvalue weighted by molar-refractivity contribution is -0.134. The minimum atomic E-state index is -3.93. The van der Waals surface area contributed by atoms with Crippen LogP contribution in [0.25, 0.3) is 0 Å². The van der Waals surface area contributed by atoms with Gasteiger partial charge in [-0.2, -0.15) is 0 Å². The van der Waals surface area contributed by atoms with Crippen LogP contribution in [0.4, 0.5) is 16.4 Å². The molecule has 3 N–H and O–H groups in total. The SMILES string of the molecule is CCC1(c2ccccc2)NC(=O)N(CC(=O)Nc2ccc(S(=O)(=O)Nc3ncccn3)cc2)C1=O. The fourth-order valence-corrected chi connectivity index (χ4v) is 4.68. The molecule has 1 aliphatic heterocycles. The Morgan fingerprint density at radius 1 is 1.00 bits per heavy atom. The van der Waals surface area contributed by atoms with Crippen LogP contribution in [0.1, 0.15) is 18.9 Å². The summed E-state index contributed by atoms with van der Waals surface area (Å²) in [5.74, 6) is -1.20. The van der Waals surface area contributed by atoms with Crippen LogP contribution in [0.15, 0.2) is 78.0 Å². The molecule has 1 atom stereocenters. The van der Waals surface area contributed by atoms with Crippen LogP contribution in [0.3, 0.4) is 0 Å². The van der Waals surface area contributed by atoms with E-state index in [-0.39, 0.29) is 10.8 Å². The van der Waals surface area contributed by atoms with Gasteiger partial charge < -0.3 is 10.6 Å². The second kappa shape index (κ2) is 9.50. The fraction of sp³-hybridized carbons (Fsp3) is 0.174. The van der Waals surface area contributed by atoms with Crippen LogP contribution in [0.2, 0.25) is 0 Å². The van der Waals surface area contributed by atoms with Crippen molar-refractivity contribution in [1.29, 1.82) is 0 Å². The number of amides is 4. The van der Waals surface area contributed by atoms with E-state index in [9.17, 15) is 22.8 Å². The summed E-state index contributed by atoms with van der Waals surface area (Å²) in [6, 6.07) is 15.1. The molecule has 1 unspecified atom stereocenters. The summed E-state index contributed by atoms with van der Waals surface area (Å²) in [5, 5.41) is 5.29. The molecule has 35 heavy (non-hydrogen) atoms. The largest absolute Gasteiger partial charge is 0.325 e. The number of hydrogen-bond acceptors (Lipinski definition) is 7. The zero-order valence-corrected chi connectivity index (χ0v) is 19.5. The first-order chi connectivity index (χ1) is 16.7. The predicted molar refractivity (Wildman–Crippen MR) is 127 cm³/mol. The molecule has 4 rings (SSSR count). The molecule has 1 fully saturated rings. The van der Waals surface area contributed by atoms with Crippen molar-refractivity contribution in [2.45, 2.75) is 23.8 Å². The van der Waals surface area contributed by atoms with Gasteiger partial charge in [0.15, 0.2) is 0 Å². The van der Waals surface area contributed by atoms with Crippen LogP contribution >= 0.6 is 0 Å². The van der Waals surface area contributed by atoms with Crippen LogP contribution in [-0.2, 0) is 25.2 Å². The number of carbonyl (C=O) groups excluding carboxylic acids is 3. The molecule has 1 saturated heterocycles. The van der Waals surface area contributed by atoms with Crippen molar-refractivity contribution in [2.24, 2.45) is 0 Å². The van der Waals surface area contributed by atoms with E-state index in [4.69, 9.17) is 0 Å². The summed E-state index contributed by atoms with van der Waals surface area (Å²) >= 11 is 0. The van der Waals surface area contributed by atoms with E-state index in [1.807, 2.05) is 0 Å². The molecular weight excluding hydrogens is 472 g/mol. The van der Waals surface area contributed by atoms with Gasteiger partial charge in [0.05, 0.1) is 4.90 Å². The number of urea groups is 1. The minimum absolute atomic E-state index is 0.0624. The highest BCUT2D eigenvalue weighted by Gasteiger charge is 2.51. The summed E-state index contributed by atoms with van der Waals surface area (Å²) in [7, 11) is -3.93. The number of sulfonamides is 1. The third kappa shape index (κ3) is 4.82. The topological polar surface area (TPSA) is 150 Å². The van der Waals surface area contributed by atoms with Gasteiger partial charge in [-0.1, -0.05) is 37.3 Å². The van der Waals surface area contributed by atoms with Crippen molar-refractivity contribution in [3.63, 3.8) is 0 Å². The number of benzene rings is 2. The van der Waals surface area contributed by atoms with E-state index in [1.54, 1.807) is 43.3 Å². The van der Waals surface area contributed by atoms with E-state index in [0.717, 1.165) is 4.90 Å². The molecule has 11 nitrogen and oxygen atoms in total. The highest BCUT2D eigenvalue weighted by atomic mass is 32.2. The van der Waals surface area contributed by atoms with Crippen LogP contribution in [0.5, 0.6) is 0 Å². The Bertz CT molecular complexity index is 1350. The molecule has 4 amide bonds. The summed E-state index contributed by atoms with van der Waals surface area (Å²) in [4.78, 5) is 46.7. The van der Waals surface area contributed by atoms with Gasteiger partial charge >= 0.3 is 6.03 Å². The van der Waals surface area contributed by atoms with Crippen LogP contribution in [0, 0.1) is 0 Å². The van der Waals surface area contributed by atoms with E-state index in [1.165, 1.54) is 36.7 Å². The Labute approximate surface area is 201 Å². The maximum atomic E-state index is 13.1. The number of aromatic nitrogens is 2. The second-order valence-corrected chi connectivity index (χ2v) is 9.38. The lowest BCUT2D eigenvalue weighted by atomic mass is 9.87. The van der Waals surface area contributed by atoms with Gasteiger partial charge in [0.25, 0.3) is 15.9 Å². The Morgan fingerprint density at radius 2 is 1.66 bits per heavy atom. The fourth-order valence-electron chi connectivity index (χ4n) is 3.72. The number of nitrogens with one attached hydrogen (secondary N) is 3. The lowest BCUT2D eigenvalue weighted by Gasteiger charge is -2.25. The monoisotopic (exact) mass is 494 g/mol. The van der Waals surface area contributed by atoms with Crippen LogP contribution in [-0.4, -0.2) is 47.7 Å². The van der Waals surface area contributed by atoms with Crippen molar-refractivity contribution in [2.75, 3.05) is 16.6 Å². The molecule has 0 aliphatic carbocycles. The van der Waals surface area contributed by atoms with Gasteiger partial charge in [0, 0.05) is 18.1 Å². The Balaban J connectivity index is 1.42. The third-order valence-electron chi connectivity index (χ3n) is 5.51. The number of nitrogens with zero attached hydrogens (tertiary/aromatic N) is 3. The Morgan fingerprint density at radius 3 is 2.29 bits per heavy atom. The number of rotatable bonds is 8. The van der Waals surface area contributed by atoms with Crippen molar-refractivity contribution in [3.05, 3.63) is 78.6 Å². The molecular formula is C23H22N6O5S. The maximum Gasteiger partial charge on any atom is 0.325 e. The number of hydrogen-bond donors (Lipinski definition) is 3. The predicted octanol–water partition coefficient (Wildman–Crippen LogP) is 2.07. The molecule has 0 radical (unpaired) electrons. The van der Waals surface area contributed by atoms with Crippen molar-refractivity contribution >= 4 is 39.5 Å². The Hall–Kier alpha value is -4.32. The molecule has 1 aromatic heterocycles. The average molecular weight is 495 g/mol. The normalized spacial score (nSPS) is 17.7. The number of anilines is 2. The number of carbonyl (C=O) groups is 3. The Kier molecular flexibility index (Phi) is 6.47. The molecule has 0 spiro atoms. The smallest absolute Gasteiger partial charge is 0.325 e. The molecule has 1 aliphatic rings. The minimum Gasteiger partial charge on any atom is -0.325 e. The zero-order chi connectivity index (χ0) is 25.1. The highest BCUT2D eigenvalue weighted by molar-refractivity contribution is 7.92. The lowest BCUT2D eigenvalue weighted by Crippen LogP contribution is -2.44. The van der Waals surface area contributed by atoms with Crippen molar-refractivity contribution in [3.8, 4) is 0 Å². The first kappa shape index (κ1) is 23.8. The van der Waals surface area contributed by atoms with Gasteiger partial charge in [-0.15, -0.1) is 0 Å². The van der Waals surface area contributed by atoms with Gasteiger partial charge in [-0.25, -0.2) is 27.9 Å². The molecule has 180 valence electrons. The van der Waals surface area contributed by atoms with Crippen molar-refractivity contribution in [1.82, 2.24) is 20.2 Å². The molecule has 12 heteroatoms. The van der Waals surface area contributed by atoms with E-state index in [2.05, 4.69) is 25.3 Å². The van der Waals surface area contributed by atoms with Crippen LogP contribution < -0.4 is 15.4 Å². The first-order valence-electron chi connectivity index (χ1n) is 10.6. The van der Waals surface area contributed by atoms with Gasteiger partial charge in [-0.3, -0.25) is 14.5 Å². The second-order valence-electron chi connectivity index (χ2n) is 7.70. The van der Waals surface area contributed by atoms with Gasteiger partial charge in [0.1, 0.15) is 12.1 Å². The van der Waals surface area contributed by atoms with E-state index < -0.39 is 40.0 Å². The third-order valence-corrected chi connectivity index (χ3v) is 6.86. The zero-order valence-electron chi connectivity index (χ0n) is 18.6. The summed E-state index contributed by atoms with van der Waals surface area (Å²) in [6.07, 6.45) is 3.12. The summed E-state index contributed by atoms with van der Waals surface area (Å²) in [6.45, 7) is 1.29. The summed E-state index contributed by atoms with van der Waals surface area (Å²) < 4.78 is 27.2. The van der Waals surface area contributed by atoms with E-state index in [0.29, 0.717) is 17.7 Å². The average Bonchev–Trinajstić information content (AvgIpc) is 3.10. The molecule has 0 bridgehead atoms. The number of imide groups is 1. The first-order valence-corrected chi connectivity index (χ1v) is 12.1. The van der Waals surface area contributed by atoms with Crippen molar-refractivity contribution < 1.29 is 22.8 Å². The highest BCUT2D eigenvalue weighted by Crippen LogP contribution is 2.32. The maximum absolute atomic E-state index is 13.1. The molecule has 2 aromatic carbocycles. The van der Waals surface area contributed by atoms with E-state index >= 15 is 0 Å². The summed E-state index contributed by atoms with van der Waals surface area (Å²) in [5.41, 5.74) is -0.304. The quantitative estimate of drug-likeness (QED) is 0.406. The van der Waals surface area contributed by atoms with Gasteiger partial charge in [-0.05, 0) is 42.3 Å². The molecule has 3 aromatic rings.